The molecule has 0 aliphatic carbocycles. The molecule has 1 aliphatic rings. The van der Waals surface area contributed by atoms with E-state index in [2.05, 4.69) is 50.2 Å². The minimum absolute atomic E-state index is 0.0816. The fourth-order valence-corrected chi connectivity index (χ4v) is 4.13. The zero-order valence-electron chi connectivity index (χ0n) is 12.3. The van der Waals surface area contributed by atoms with Gasteiger partial charge in [0.15, 0.2) is 0 Å². The fraction of sp³-hybridized carbons (Fsp3) is 0.471. The van der Waals surface area contributed by atoms with Crippen molar-refractivity contribution in [3.63, 3.8) is 0 Å². The summed E-state index contributed by atoms with van der Waals surface area (Å²) in [5, 5.41) is 1.26. The van der Waals surface area contributed by atoms with E-state index >= 15 is 0 Å². The van der Waals surface area contributed by atoms with E-state index in [4.69, 9.17) is 4.74 Å². The van der Waals surface area contributed by atoms with E-state index in [1.54, 1.807) is 0 Å². The Hall–Kier alpha value is -1.35. The van der Waals surface area contributed by atoms with E-state index in [1.165, 1.54) is 15.4 Å². The van der Waals surface area contributed by atoms with Crippen LogP contribution in [0.4, 0.5) is 0 Å². The Balaban J connectivity index is 1.79. The maximum Gasteiger partial charge on any atom is 0.123 e. The van der Waals surface area contributed by atoms with Gasteiger partial charge in [-0.3, -0.25) is 0 Å². The molecule has 0 N–H and O–H groups in total. The monoisotopic (exact) mass is 287 g/mol. The van der Waals surface area contributed by atoms with Crippen molar-refractivity contribution in [2.45, 2.75) is 39.0 Å². The Morgan fingerprint density at radius 1 is 1.35 bits per heavy atom. The van der Waals surface area contributed by atoms with Crippen LogP contribution in [0.1, 0.15) is 36.2 Å². The summed E-state index contributed by atoms with van der Waals surface area (Å²) in [5.74, 6) is 1.71. The number of nitrogens with zero attached hydrogens (tertiary/aromatic N) is 1. The molecule has 1 atom stereocenters. The minimum atomic E-state index is 0.0816. The summed E-state index contributed by atoms with van der Waals surface area (Å²) >= 11 is 1.85. The molecule has 0 saturated carbocycles. The van der Waals surface area contributed by atoms with Crippen LogP contribution in [-0.2, 0) is 18.3 Å². The first-order valence-electron chi connectivity index (χ1n) is 7.23. The van der Waals surface area contributed by atoms with E-state index in [-0.39, 0.29) is 5.41 Å². The van der Waals surface area contributed by atoms with Gasteiger partial charge in [-0.15, -0.1) is 11.3 Å². The summed E-state index contributed by atoms with van der Waals surface area (Å²) in [6.45, 7) is 7.54. The van der Waals surface area contributed by atoms with E-state index in [0.717, 1.165) is 25.2 Å². The van der Waals surface area contributed by atoms with E-state index in [1.807, 2.05) is 17.4 Å². The standard InChI is InChI=1S/C17H21NOS/c1-12(2)8-16-18-10-13(20-16)9-17(3)11-19-15-7-5-4-6-14(15)17/h4-7,10,12H,8-9,11H2,1-3H3. The van der Waals surface area contributed by atoms with Crippen molar-refractivity contribution in [1.29, 1.82) is 0 Å². The summed E-state index contributed by atoms with van der Waals surface area (Å²) in [6.07, 6.45) is 4.14. The second-order valence-corrected chi connectivity index (χ2v) is 7.54. The van der Waals surface area contributed by atoms with Crippen LogP contribution in [0.3, 0.4) is 0 Å². The number of hydrogen-bond donors (Lipinski definition) is 0. The molecule has 1 aromatic carbocycles. The third-order valence-electron chi connectivity index (χ3n) is 3.83. The molecular weight excluding hydrogens is 266 g/mol. The van der Waals surface area contributed by atoms with E-state index in [9.17, 15) is 0 Å². The molecular formula is C17H21NOS. The molecule has 0 saturated heterocycles. The first-order chi connectivity index (χ1) is 9.57. The molecule has 0 bridgehead atoms. The first kappa shape index (κ1) is 13.6. The lowest BCUT2D eigenvalue weighted by molar-refractivity contribution is 0.277. The van der Waals surface area contributed by atoms with Gasteiger partial charge in [0.05, 0.1) is 11.6 Å². The highest BCUT2D eigenvalue weighted by Gasteiger charge is 2.36. The topological polar surface area (TPSA) is 22.1 Å². The van der Waals surface area contributed by atoms with Crippen molar-refractivity contribution in [3.8, 4) is 5.75 Å². The van der Waals surface area contributed by atoms with Crippen LogP contribution in [0.5, 0.6) is 5.75 Å². The average molecular weight is 287 g/mol. The second-order valence-electron chi connectivity index (χ2n) is 6.34. The zero-order chi connectivity index (χ0) is 14.2. The minimum Gasteiger partial charge on any atom is -0.492 e. The maximum atomic E-state index is 5.84. The number of fused-ring (bicyclic) bond motifs is 1. The molecule has 2 nitrogen and oxygen atoms in total. The Bertz CT molecular complexity index is 605. The van der Waals surface area contributed by atoms with Crippen molar-refractivity contribution >= 4 is 11.3 Å². The number of ether oxygens (including phenoxy) is 1. The van der Waals surface area contributed by atoms with Crippen LogP contribution in [0.15, 0.2) is 30.5 Å². The molecule has 0 spiro atoms. The Kier molecular flexibility index (Phi) is 3.55. The largest absolute Gasteiger partial charge is 0.492 e. The highest BCUT2D eigenvalue weighted by Crippen LogP contribution is 2.41. The molecule has 0 fully saturated rings. The Morgan fingerprint density at radius 3 is 2.95 bits per heavy atom. The first-order valence-corrected chi connectivity index (χ1v) is 8.04. The number of rotatable bonds is 4. The summed E-state index contributed by atoms with van der Waals surface area (Å²) < 4.78 is 5.84. The highest BCUT2D eigenvalue weighted by molar-refractivity contribution is 7.11. The Labute approximate surface area is 124 Å². The van der Waals surface area contributed by atoms with Gasteiger partial charge in [-0.1, -0.05) is 39.0 Å². The molecule has 20 heavy (non-hydrogen) atoms. The molecule has 1 unspecified atom stereocenters. The molecule has 3 heteroatoms. The third-order valence-corrected chi connectivity index (χ3v) is 4.85. The van der Waals surface area contributed by atoms with Crippen molar-refractivity contribution in [1.82, 2.24) is 4.98 Å². The van der Waals surface area contributed by atoms with Crippen LogP contribution < -0.4 is 4.74 Å². The fourth-order valence-electron chi connectivity index (χ4n) is 2.81. The SMILES string of the molecule is CC(C)Cc1ncc(CC2(C)COc3ccccc32)s1. The lowest BCUT2D eigenvalue weighted by Crippen LogP contribution is -2.26. The second kappa shape index (κ2) is 5.21. The number of benzene rings is 1. The molecule has 2 aromatic rings. The predicted octanol–water partition coefficient (Wildman–Crippen LogP) is 4.23. The summed E-state index contributed by atoms with van der Waals surface area (Å²) in [7, 11) is 0. The quantitative estimate of drug-likeness (QED) is 0.839. The lowest BCUT2D eigenvalue weighted by atomic mass is 9.81. The summed E-state index contributed by atoms with van der Waals surface area (Å²) in [5.41, 5.74) is 1.41. The lowest BCUT2D eigenvalue weighted by Gasteiger charge is -2.21. The number of aromatic nitrogens is 1. The molecule has 106 valence electrons. The zero-order valence-corrected chi connectivity index (χ0v) is 13.2. The van der Waals surface area contributed by atoms with Gasteiger partial charge in [0.25, 0.3) is 0 Å². The van der Waals surface area contributed by atoms with Crippen LogP contribution in [0.25, 0.3) is 0 Å². The van der Waals surface area contributed by atoms with Gasteiger partial charge in [-0.2, -0.15) is 0 Å². The van der Waals surface area contributed by atoms with Crippen LogP contribution in [-0.4, -0.2) is 11.6 Å². The number of hydrogen-bond acceptors (Lipinski definition) is 3. The van der Waals surface area contributed by atoms with E-state index < -0.39 is 0 Å². The van der Waals surface area contributed by atoms with Crippen molar-refractivity contribution < 1.29 is 4.74 Å². The third kappa shape index (κ3) is 2.59. The maximum absolute atomic E-state index is 5.84. The van der Waals surface area contributed by atoms with E-state index in [0.29, 0.717) is 5.92 Å². The highest BCUT2D eigenvalue weighted by atomic mass is 32.1. The number of para-hydroxylation sites is 1. The van der Waals surface area contributed by atoms with Gasteiger partial charge in [-0.25, -0.2) is 4.98 Å². The van der Waals surface area contributed by atoms with Gasteiger partial charge in [0.1, 0.15) is 5.75 Å². The summed E-state index contributed by atoms with van der Waals surface area (Å²) in [4.78, 5) is 5.93. The summed E-state index contributed by atoms with van der Waals surface area (Å²) in [6, 6.07) is 8.40. The molecule has 0 radical (unpaired) electrons. The van der Waals surface area contributed by atoms with Crippen molar-refractivity contribution in [3.05, 3.63) is 45.9 Å². The van der Waals surface area contributed by atoms with Crippen LogP contribution in [0.2, 0.25) is 0 Å². The molecule has 2 heterocycles. The van der Waals surface area contributed by atoms with Gasteiger partial charge >= 0.3 is 0 Å². The van der Waals surface area contributed by atoms with Crippen molar-refractivity contribution in [2.24, 2.45) is 5.92 Å². The van der Waals surface area contributed by atoms with Gasteiger partial charge in [0.2, 0.25) is 0 Å². The molecule has 3 rings (SSSR count). The predicted molar refractivity (Wildman–Crippen MR) is 83.6 cm³/mol. The van der Waals surface area contributed by atoms with Crippen LogP contribution >= 0.6 is 11.3 Å². The van der Waals surface area contributed by atoms with Crippen LogP contribution in [0, 0.1) is 5.92 Å². The van der Waals surface area contributed by atoms with Crippen molar-refractivity contribution in [2.75, 3.05) is 6.61 Å². The average Bonchev–Trinajstić information content (AvgIpc) is 2.96. The molecule has 0 amide bonds. The Morgan fingerprint density at radius 2 is 2.15 bits per heavy atom. The van der Waals surface area contributed by atoms with Gasteiger partial charge < -0.3 is 4.74 Å². The molecule has 1 aromatic heterocycles. The molecule has 1 aliphatic heterocycles. The number of thiazole rings is 1. The van der Waals surface area contributed by atoms with Gasteiger partial charge in [0, 0.05) is 28.5 Å². The smallest absolute Gasteiger partial charge is 0.123 e. The normalized spacial score (nSPS) is 21.0. The van der Waals surface area contributed by atoms with Gasteiger partial charge in [-0.05, 0) is 18.4 Å².